The molecular weight excluding hydrogens is 318 g/mol. The minimum absolute atomic E-state index is 0.0399. The lowest BCUT2D eigenvalue weighted by Gasteiger charge is -2.02. The summed E-state index contributed by atoms with van der Waals surface area (Å²) in [4.78, 5) is 29.0. The Morgan fingerprint density at radius 3 is 2.91 bits per heavy atom. The summed E-state index contributed by atoms with van der Waals surface area (Å²) in [6.45, 7) is 0.634. The molecule has 3 rings (SSSR count). The number of carbonyl (C=O) groups excluding carboxylic acids is 2. The van der Waals surface area contributed by atoms with E-state index in [9.17, 15) is 9.59 Å². The third-order valence-electron chi connectivity index (χ3n) is 3.35. The summed E-state index contributed by atoms with van der Waals surface area (Å²) >= 11 is 3.06. The number of aromatic nitrogens is 1. The monoisotopic (exact) mass is 335 g/mol. The van der Waals surface area contributed by atoms with Gasteiger partial charge in [0.05, 0.1) is 12.1 Å². The van der Waals surface area contributed by atoms with Gasteiger partial charge in [-0.25, -0.2) is 4.98 Å². The second-order valence-electron chi connectivity index (χ2n) is 5.26. The van der Waals surface area contributed by atoms with Crippen LogP contribution >= 0.6 is 22.7 Å². The number of amides is 2. The van der Waals surface area contributed by atoms with Gasteiger partial charge < -0.3 is 10.6 Å². The van der Waals surface area contributed by atoms with Gasteiger partial charge in [-0.3, -0.25) is 9.59 Å². The zero-order valence-corrected chi connectivity index (χ0v) is 13.6. The molecule has 0 radical (unpaired) electrons. The zero-order chi connectivity index (χ0) is 15.4. The maximum absolute atomic E-state index is 11.9. The van der Waals surface area contributed by atoms with E-state index in [0.717, 1.165) is 19.3 Å². The van der Waals surface area contributed by atoms with E-state index in [1.807, 2.05) is 16.8 Å². The summed E-state index contributed by atoms with van der Waals surface area (Å²) < 4.78 is 0. The first-order valence-corrected chi connectivity index (χ1v) is 9.01. The molecule has 2 heterocycles. The van der Waals surface area contributed by atoms with Crippen LogP contribution in [-0.4, -0.2) is 23.3 Å². The van der Waals surface area contributed by atoms with Crippen LogP contribution in [0.5, 0.6) is 0 Å². The standard InChI is InChI=1S/C15H17N3O2S2/c19-13(16-6-5-12-2-1-7-21-12)8-11-9-22-15(17-11)18-14(20)10-3-4-10/h1-2,7,9-10H,3-6,8H2,(H,16,19)(H,17,18,20). The third-order valence-corrected chi connectivity index (χ3v) is 5.09. The van der Waals surface area contributed by atoms with E-state index in [1.165, 1.54) is 16.2 Å². The van der Waals surface area contributed by atoms with Crippen LogP contribution in [0.15, 0.2) is 22.9 Å². The van der Waals surface area contributed by atoms with Crippen molar-refractivity contribution in [3.63, 3.8) is 0 Å². The number of thiazole rings is 1. The molecule has 2 N–H and O–H groups in total. The van der Waals surface area contributed by atoms with Gasteiger partial charge in [-0.2, -0.15) is 0 Å². The highest BCUT2D eigenvalue weighted by molar-refractivity contribution is 7.14. The summed E-state index contributed by atoms with van der Waals surface area (Å²) in [7, 11) is 0. The Bertz CT molecular complexity index is 648. The van der Waals surface area contributed by atoms with Crippen molar-refractivity contribution < 1.29 is 9.59 Å². The van der Waals surface area contributed by atoms with Gasteiger partial charge in [-0.15, -0.1) is 22.7 Å². The summed E-state index contributed by atoms with van der Waals surface area (Å²) in [6, 6.07) is 4.07. The van der Waals surface area contributed by atoms with Gasteiger partial charge >= 0.3 is 0 Å². The molecule has 0 atom stereocenters. The topological polar surface area (TPSA) is 71.1 Å². The molecule has 1 saturated carbocycles. The van der Waals surface area contributed by atoms with Crippen molar-refractivity contribution in [2.24, 2.45) is 5.92 Å². The Labute approximate surface area is 136 Å². The maximum Gasteiger partial charge on any atom is 0.229 e. The van der Waals surface area contributed by atoms with Crippen LogP contribution in [0.2, 0.25) is 0 Å². The van der Waals surface area contributed by atoms with E-state index < -0.39 is 0 Å². The lowest BCUT2D eigenvalue weighted by Crippen LogP contribution is -2.27. The number of hydrogen-bond acceptors (Lipinski definition) is 5. The molecule has 116 valence electrons. The summed E-state index contributed by atoms with van der Waals surface area (Å²) in [5, 5.41) is 10.1. The maximum atomic E-state index is 11.9. The lowest BCUT2D eigenvalue weighted by atomic mass is 10.3. The number of carbonyl (C=O) groups is 2. The van der Waals surface area contributed by atoms with Crippen LogP contribution in [0.25, 0.3) is 0 Å². The summed E-state index contributed by atoms with van der Waals surface area (Å²) in [5.74, 6) is 0.163. The Hall–Kier alpha value is -1.73. The molecule has 2 amide bonds. The highest BCUT2D eigenvalue weighted by atomic mass is 32.1. The van der Waals surface area contributed by atoms with Crippen molar-refractivity contribution in [2.75, 3.05) is 11.9 Å². The minimum Gasteiger partial charge on any atom is -0.355 e. The average molecular weight is 335 g/mol. The highest BCUT2D eigenvalue weighted by Gasteiger charge is 2.30. The quantitative estimate of drug-likeness (QED) is 0.816. The molecule has 2 aromatic heterocycles. The Kier molecular flexibility index (Phi) is 4.84. The summed E-state index contributed by atoms with van der Waals surface area (Å²) in [5.41, 5.74) is 0.699. The van der Waals surface area contributed by atoms with E-state index in [2.05, 4.69) is 21.7 Å². The molecular formula is C15H17N3O2S2. The molecule has 0 bridgehead atoms. The van der Waals surface area contributed by atoms with Gasteiger partial charge in [0, 0.05) is 22.7 Å². The molecule has 1 fully saturated rings. The van der Waals surface area contributed by atoms with E-state index in [-0.39, 0.29) is 24.2 Å². The first-order valence-electron chi connectivity index (χ1n) is 7.25. The van der Waals surface area contributed by atoms with E-state index in [4.69, 9.17) is 0 Å². The van der Waals surface area contributed by atoms with Gasteiger partial charge in [-0.1, -0.05) is 6.07 Å². The van der Waals surface area contributed by atoms with Gasteiger partial charge in [0.2, 0.25) is 11.8 Å². The second-order valence-corrected chi connectivity index (χ2v) is 7.15. The predicted molar refractivity (Wildman–Crippen MR) is 88.2 cm³/mol. The van der Waals surface area contributed by atoms with Gasteiger partial charge in [0.25, 0.3) is 0 Å². The molecule has 1 aliphatic carbocycles. The lowest BCUT2D eigenvalue weighted by molar-refractivity contribution is -0.120. The molecule has 0 aromatic carbocycles. The van der Waals surface area contributed by atoms with E-state index in [1.54, 1.807) is 11.3 Å². The Morgan fingerprint density at radius 1 is 1.32 bits per heavy atom. The SMILES string of the molecule is O=C(Cc1csc(NC(=O)C2CC2)n1)NCCc1cccs1. The van der Waals surface area contributed by atoms with Crippen molar-refractivity contribution in [3.8, 4) is 0 Å². The van der Waals surface area contributed by atoms with Crippen molar-refractivity contribution >= 4 is 39.6 Å². The molecule has 0 aliphatic heterocycles. The number of rotatable bonds is 7. The number of anilines is 1. The second kappa shape index (κ2) is 7.02. The van der Waals surface area contributed by atoms with Crippen LogP contribution < -0.4 is 10.6 Å². The van der Waals surface area contributed by atoms with Gasteiger partial charge in [0.1, 0.15) is 0 Å². The largest absolute Gasteiger partial charge is 0.355 e. The Morgan fingerprint density at radius 2 is 2.18 bits per heavy atom. The first-order chi connectivity index (χ1) is 10.7. The number of nitrogens with zero attached hydrogens (tertiary/aromatic N) is 1. The van der Waals surface area contributed by atoms with Gasteiger partial charge in [-0.05, 0) is 30.7 Å². The normalized spacial score (nSPS) is 13.8. The molecule has 0 unspecified atom stereocenters. The van der Waals surface area contributed by atoms with Crippen molar-refractivity contribution in [2.45, 2.75) is 25.7 Å². The molecule has 22 heavy (non-hydrogen) atoms. The molecule has 0 spiro atoms. The smallest absolute Gasteiger partial charge is 0.229 e. The fourth-order valence-corrected chi connectivity index (χ4v) is 3.43. The average Bonchev–Trinajstić information content (AvgIpc) is 3.06. The van der Waals surface area contributed by atoms with Crippen molar-refractivity contribution in [3.05, 3.63) is 33.5 Å². The van der Waals surface area contributed by atoms with E-state index in [0.29, 0.717) is 17.4 Å². The van der Waals surface area contributed by atoms with Crippen LogP contribution in [0.1, 0.15) is 23.4 Å². The van der Waals surface area contributed by atoms with Crippen LogP contribution in [0, 0.1) is 5.92 Å². The molecule has 2 aromatic rings. The van der Waals surface area contributed by atoms with Crippen LogP contribution in [0.3, 0.4) is 0 Å². The molecule has 7 heteroatoms. The van der Waals surface area contributed by atoms with Crippen LogP contribution in [-0.2, 0) is 22.4 Å². The fourth-order valence-electron chi connectivity index (χ4n) is 2.01. The Balaban J connectivity index is 1.41. The van der Waals surface area contributed by atoms with Crippen LogP contribution in [0.4, 0.5) is 5.13 Å². The number of hydrogen-bond donors (Lipinski definition) is 2. The zero-order valence-electron chi connectivity index (χ0n) is 12.0. The van der Waals surface area contributed by atoms with E-state index >= 15 is 0 Å². The summed E-state index contributed by atoms with van der Waals surface area (Å²) in [6.07, 6.45) is 3.04. The highest BCUT2D eigenvalue weighted by Crippen LogP contribution is 2.30. The number of thiophene rings is 1. The fraction of sp³-hybridized carbons (Fsp3) is 0.400. The molecule has 5 nitrogen and oxygen atoms in total. The van der Waals surface area contributed by atoms with Crippen molar-refractivity contribution in [1.82, 2.24) is 10.3 Å². The van der Waals surface area contributed by atoms with Crippen molar-refractivity contribution in [1.29, 1.82) is 0 Å². The number of nitrogens with one attached hydrogen (secondary N) is 2. The first kappa shape index (κ1) is 15.2. The van der Waals surface area contributed by atoms with Gasteiger partial charge in [0.15, 0.2) is 5.13 Å². The third kappa shape index (κ3) is 4.38. The minimum atomic E-state index is -0.0399. The molecule has 0 saturated heterocycles. The predicted octanol–water partition coefficient (Wildman–Crippen LogP) is 2.45. The molecule has 1 aliphatic rings.